The van der Waals surface area contributed by atoms with Gasteiger partial charge >= 0.3 is 0 Å². The molecule has 1 aromatic carbocycles. The Bertz CT molecular complexity index is 405. The smallest absolute Gasteiger partial charge is 0.255 e. The van der Waals surface area contributed by atoms with E-state index in [2.05, 4.69) is 17.5 Å². The molecule has 0 spiro atoms. The highest BCUT2D eigenvalue weighted by Gasteiger charge is 2.14. The molecule has 16 heavy (non-hydrogen) atoms. The van der Waals surface area contributed by atoms with Gasteiger partial charge < -0.3 is 11.1 Å². The predicted molar refractivity (Wildman–Crippen MR) is 65.1 cm³/mol. The molecular weight excluding hydrogens is 251 g/mol. The molecule has 0 atom stereocenters. The number of nitrogens with one attached hydrogen (secondary N) is 1. The Morgan fingerprint density at radius 2 is 2.25 bits per heavy atom. The lowest BCUT2D eigenvalue weighted by Crippen LogP contribution is -2.28. The SMILES string of the molecule is NC(=S)CCNC(=O)c1c(F)cccc1Cl. The fourth-order valence-corrected chi connectivity index (χ4v) is 1.45. The van der Waals surface area contributed by atoms with Crippen LogP contribution in [0.15, 0.2) is 18.2 Å². The van der Waals surface area contributed by atoms with Gasteiger partial charge in [-0.3, -0.25) is 4.79 Å². The van der Waals surface area contributed by atoms with Crippen LogP contribution in [0.3, 0.4) is 0 Å². The molecule has 0 fully saturated rings. The predicted octanol–water partition coefficient (Wildman–Crippen LogP) is 1.89. The molecule has 0 radical (unpaired) electrons. The average molecular weight is 261 g/mol. The Morgan fingerprint density at radius 1 is 1.56 bits per heavy atom. The first-order valence-corrected chi connectivity index (χ1v) is 5.31. The highest BCUT2D eigenvalue weighted by Crippen LogP contribution is 2.18. The molecule has 0 unspecified atom stereocenters. The quantitative estimate of drug-likeness (QED) is 0.813. The minimum absolute atomic E-state index is 0.0767. The van der Waals surface area contributed by atoms with E-state index in [0.717, 1.165) is 0 Å². The third kappa shape index (κ3) is 3.43. The van der Waals surface area contributed by atoms with Crippen molar-refractivity contribution in [2.75, 3.05) is 6.54 Å². The average Bonchev–Trinajstić information content (AvgIpc) is 2.16. The number of carbonyl (C=O) groups excluding carboxylic acids is 1. The zero-order valence-corrected chi connectivity index (χ0v) is 9.87. The van der Waals surface area contributed by atoms with Crippen LogP contribution >= 0.6 is 23.8 Å². The molecule has 0 bridgehead atoms. The highest BCUT2D eigenvalue weighted by molar-refractivity contribution is 7.80. The molecular formula is C10H10ClFN2OS. The third-order valence-corrected chi connectivity index (χ3v) is 2.37. The van der Waals surface area contributed by atoms with Crippen molar-refractivity contribution in [1.29, 1.82) is 0 Å². The van der Waals surface area contributed by atoms with Crippen molar-refractivity contribution < 1.29 is 9.18 Å². The van der Waals surface area contributed by atoms with E-state index in [4.69, 9.17) is 17.3 Å². The Morgan fingerprint density at radius 3 is 2.81 bits per heavy atom. The molecule has 0 aliphatic rings. The number of carbonyl (C=O) groups is 1. The minimum Gasteiger partial charge on any atom is -0.393 e. The van der Waals surface area contributed by atoms with Crippen molar-refractivity contribution in [3.05, 3.63) is 34.6 Å². The summed E-state index contributed by atoms with van der Waals surface area (Å²) in [5, 5.41) is 2.56. The maximum atomic E-state index is 13.3. The summed E-state index contributed by atoms with van der Waals surface area (Å²) in [4.78, 5) is 11.8. The van der Waals surface area contributed by atoms with E-state index in [1.165, 1.54) is 18.2 Å². The number of rotatable bonds is 4. The van der Waals surface area contributed by atoms with Gasteiger partial charge in [0.25, 0.3) is 5.91 Å². The summed E-state index contributed by atoms with van der Waals surface area (Å²) in [5.41, 5.74) is 5.10. The van der Waals surface area contributed by atoms with E-state index in [1.54, 1.807) is 0 Å². The van der Waals surface area contributed by atoms with Crippen LogP contribution in [0.2, 0.25) is 5.02 Å². The summed E-state index contributed by atoms with van der Waals surface area (Å²) >= 11 is 10.4. The fourth-order valence-electron chi connectivity index (χ4n) is 1.10. The van der Waals surface area contributed by atoms with Gasteiger partial charge in [0.05, 0.1) is 15.6 Å². The molecule has 1 aromatic rings. The first kappa shape index (κ1) is 12.9. The lowest BCUT2D eigenvalue weighted by Gasteiger charge is -2.06. The molecule has 0 aromatic heterocycles. The van der Waals surface area contributed by atoms with Crippen molar-refractivity contribution in [3.8, 4) is 0 Å². The third-order valence-electron chi connectivity index (χ3n) is 1.85. The number of hydrogen-bond acceptors (Lipinski definition) is 2. The Hall–Kier alpha value is -1.20. The molecule has 86 valence electrons. The second-order valence-electron chi connectivity index (χ2n) is 3.07. The molecule has 0 heterocycles. The molecule has 0 saturated carbocycles. The summed E-state index contributed by atoms with van der Waals surface area (Å²) < 4.78 is 13.3. The summed E-state index contributed by atoms with van der Waals surface area (Å²) in [5.74, 6) is -1.22. The molecule has 1 amide bonds. The van der Waals surface area contributed by atoms with E-state index >= 15 is 0 Å². The Labute approximate surface area is 103 Å². The molecule has 6 heteroatoms. The van der Waals surface area contributed by atoms with Gasteiger partial charge in [-0.25, -0.2) is 4.39 Å². The van der Waals surface area contributed by atoms with Gasteiger partial charge in [-0.15, -0.1) is 0 Å². The molecule has 1 rings (SSSR count). The van der Waals surface area contributed by atoms with E-state index in [-0.39, 0.29) is 17.1 Å². The van der Waals surface area contributed by atoms with Gasteiger partial charge in [0.1, 0.15) is 5.82 Å². The van der Waals surface area contributed by atoms with Crippen LogP contribution in [0.5, 0.6) is 0 Å². The molecule has 3 N–H and O–H groups in total. The van der Waals surface area contributed by atoms with Gasteiger partial charge in [-0.05, 0) is 12.1 Å². The largest absolute Gasteiger partial charge is 0.393 e. The van der Waals surface area contributed by atoms with Crippen LogP contribution in [-0.4, -0.2) is 17.4 Å². The topological polar surface area (TPSA) is 55.1 Å². The van der Waals surface area contributed by atoms with Crippen molar-refractivity contribution in [2.45, 2.75) is 6.42 Å². The molecule has 0 saturated heterocycles. The maximum absolute atomic E-state index is 13.3. The second-order valence-corrected chi connectivity index (χ2v) is 4.00. The van der Waals surface area contributed by atoms with Crippen LogP contribution in [0.1, 0.15) is 16.8 Å². The number of nitrogens with two attached hydrogens (primary N) is 1. The zero-order valence-electron chi connectivity index (χ0n) is 8.30. The van der Waals surface area contributed by atoms with Crippen LogP contribution in [-0.2, 0) is 0 Å². The lowest BCUT2D eigenvalue weighted by molar-refractivity contribution is 0.0951. The van der Waals surface area contributed by atoms with Crippen LogP contribution in [0, 0.1) is 5.82 Å². The van der Waals surface area contributed by atoms with Crippen molar-refractivity contribution in [2.24, 2.45) is 5.73 Å². The lowest BCUT2D eigenvalue weighted by atomic mass is 10.2. The van der Waals surface area contributed by atoms with Crippen molar-refractivity contribution in [1.82, 2.24) is 5.32 Å². The Kier molecular flexibility index (Phi) is 4.64. The van der Waals surface area contributed by atoms with Gasteiger partial charge in [0.2, 0.25) is 0 Å². The number of halogens is 2. The first-order valence-electron chi connectivity index (χ1n) is 4.53. The Balaban J connectivity index is 2.70. The van der Waals surface area contributed by atoms with E-state index in [0.29, 0.717) is 11.4 Å². The standard InChI is InChI=1S/C10H10ClFN2OS/c11-6-2-1-3-7(12)9(6)10(15)14-5-4-8(13)16/h1-3H,4-5H2,(H2,13,16)(H,14,15). The number of thiocarbonyl (C=S) groups is 1. The second kappa shape index (κ2) is 5.77. The monoisotopic (exact) mass is 260 g/mol. The number of amides is 1. The number of benzene rings is 1. The van der Waals surface area contributed by atoms with E-state index in [9.17, 15) is 9.18 Å². The highest BCUT2D eigenvalue weighted by atomic mass is 35.5. The summed E-state index contributed by atoms with van der Waals surface area (Å²) in [6.45, 7) is 0.263. The van der Waals surface area contributed by atoms with Crippen molar-refractivity contribution in [3.63, 3.8) is 0 Å². The normalized spacial score (nSPS) is 9.88. The summed E-state index contributed by atoms with van der Waals surface area (Å²) in [6, 6.07) is 4.06. The maximum Gasteiger partial charge on any atom is 0.255 e. The molecule has 0 aliphatic heterocycles. The van der Waals surface area contributed by atoms with Crippen LogP contribution in [0.4, 0.5) is 4.39 Å². The van der Waals surface area contributed by atoms with Gasteiger partial charge in [0, 0.05) is 13.0 Å². The van der Waals surface area contributed by atoms with E-state index < -0.39 is 11.7 Å². The van der Waals surface area contributed by atoms with Crippen LogP contribution in [0.25, 0.3) is 0 Å². The van der Waals surface area contributed by atoms with E-state index in [1.807, 2.05) is 0 Å². The van der Waals surface area contributed by atoms with Gasteiger partial charge in [0.15, 0.2) is 0 Å². The number of hydrogen-bond donors (Lipinski definition) is 2. The fraction of sp³-hybridized carbons (Fsp3) is 0.200. The summed E-state index contributed by atoms with van der Waals surface area (Å²) in [6.07, 6.45) is 0.368. The van der Waals surface area contributed by atoms with Gasteiger partial charge in [-0.2, -0.15) is 0 Å². The van der Waals surface area contributed by atoms with Crippen LogP contribution < -0.4 is 11.1 Å². The molecule has 3 nitrogen and oxygen atoms in total. The zero-order chi connectivity index (χ0) is 12.1. The van der Waals surface area contributed by atoms with Gasteiger partial charge in [-0.1, -0.05) is 29.9 Å². The minimum atomic E-state index is -0.652. The molecule has 0 aliphatic carbocycles. The summed E-state index contributed by atoms with van der Waals surface area (Å²) in [7, 11) is 0. The first-order chi connectivity index (χ1) is 7.52. The van der Waals surface area contributed by atoms with Crippen molar-refractivity contribution >= 4 is 34.7 Å².